The largest absolute Gasteiger partial charge is 0.395 e. The monoisotopic (exact) mass is 268 g/mol. The van der Waals surface area contributed by atoms with Crippen molar-refractivity contribution in [2.45, 2.75) is 52.0 Å². The van der Waals surface area contributed by atoms with Crippen molar-refractivity contribution in [2.24, 2.45) is 0 Å². The van der Waals surface area contributed by atoms with E-state index >= 15 is 0 Å². The van der Waals surface area contributed by atoms with Crippen LogP contribution in [-0.4, -0.2) is 47.7 Å². The van der Waals surface area contributed by atoms with Gasteiger partial charge < -0.3 is 10.4 Å². The first-order valence-corrected chi connectivity index (χ1v) is 7.19. The summed E-state index contributed by atoms with van der Waals surface area (Å²) in [6.45, 7) is 7.77. The summed E-state index contributed by atoms with van der Waals surface area (Å²) in [6.07, 6.45) is 9.07. The molecule has 19 heavy (non-hydrogen) atoms. The maximum atomic E-state index is 12.1. The molecule has 0 unspecified atom stereocenters. The minimum atomic E-state index is -0.535. The lowest BCUT2D eigenvalue weighted by atomic mass is 9.94. The summed E-state index contributed by atoms with van der Waals surface area (Å²) in [5.41, 5.74) is -0.535. The van der Waals surface area contributed by atoms with Gasteiger partial charge in [0, 0.05) is 6.54 Å². The van der Waals surface area contributed by atoms with E-state index in [1.54, 1.807) is 0 Å². The lowest BCUT2D eigenvalue weighted by Crippen LogP contribution is -2.50. The van der Waals surface area contributed by atoms with Crippen molar-refractivity contribution in [1.82, 2.24) is 10.2 Å². The van der Waals surface area contributed by atoms with Gasteiger partial charge in [0.25, 0.3) is 0 Å². The zero-order chi connectivity index (χ0) is 14.7. The Morgan fingerprint density at radius 2 is 1.95 bits per heavy atom. The molecule has 4 nitrogen and oxygen atoms in total. The molecule has 0 aliphatic heterocycles. The van der Waals surface area contributed by atoms with Crippen molar-refractivity contribution < 1.29 is 9.90 Å². The molecule has 0 fully saturated rings. The van der Waals surface area contributed by atoms with Gasteiger partial charge in [-0.25, -0.2) is 0 Å². The number of hydrogen-bond acceptors (Lipinski definition) is 3. The highest BCUT2D eigenvalue weighted by molar-refractivity contribution is 5.79. The van der Waals surface area contributed by atoms with Gasteiger partial charge in [0.1, 0.15) is 5.54 Å². The number of aliphatic hydroxyl groups is 1. The first kappa shape index (κ1) is 17.9. The molecule has 0 aliphatic carbocycles. The van der Waals surface area contributed by atoms with Crippen molar-refractivity contribution in [1.29, 1.82) is 0 Å². The normalized spacial score (nSPS) is 11.4. The van der Waals surface area contributed by atoms with E-state index in [-0.39, 0.29) is 12.5 Å². The molecule has 0 saturated carbocycles. The zero-order valence-corrected chi connectivity index (χ0v) is 12.5. The molecule has 0 radical (unpaired) electrons. The molecule has 0 bridgehead atoms. The predicted octanol–water partition coefficient (Wildman–Crippen LogP) is 1.39. The highest BCUT2D eigenvalue weighted by Gasteiger charge is 2.25. The van der Waals surface area contributed by atoms with Crippen molar-refractivity contribution in [3.63, 3.8) is 0 Å². The van der Waals surface area contributed by atoms with Crippen LogP contribution in [0.1, 0.15) is 46.5 Å². The first-order valence-electron chi connectivity index (χ1n) is 7.19. The average Bonchev–Trinajstić information content (AvgIpc) is 2.42. The number of carbonyl (C=O) groups is 1. The van der Waals surface area contributed by atoms with Crippen LogP contribution in [0.5, 0.6) is 0 Å². The van der Waals surface area contributed by atoms with Crippen LogP contribution in [0, 0.1) is 12.3 Å². The molecule has 4 heteroatoms. The maximum Gasteiger partial charge on any atom is 0.235 e. The van der Waals surface area contributed by atoms with Gasteiger partial charge in [0.2, 0.25) is 5.91 Å². The summed E-state index contributed by atoms with van der Waals surface area (Å²) in [6, 6.07) is 0. The quantitative estimate of drug-likeness (QED) is 0.589. The number of aliphatic hydroxyl groups excluding tert-OH is 1. The maximum absolute atomic E-state index is 12.1. The summed E-state index contributed by atoms with van der Waals surface area (Å²) in [7, 11) is 0. The van der Waals surface area contributed by atoms with Gasteiger partial charge in [-0.3, -0.25) is 9.69 Å². The fraction of sp³-hybridized carbons (Fsp3) is 0.800. The molecule has 110 valence electrons. The van der Waals surface area contributed by atoms with Crippen LogP contribution in [0.2, 0.25) is 0 Å². The van der Waals surface area contributed by atoms with E-state index in [0.29, 0.717) is 13.1 Å². The number of amides is 1. The number of nitrogens with one attached hydrogen (secondary N) is 1. The topological polar surface area (TPSA) is 52.6 Å². The molecule has 0 aromatic rings. The molecule has 0 heterocycles. The van der Waals surface area contributed by atoms with Gasteiger partial charge in [0.15, 0.2) is 0 Å². The van der Waals surface area contributed by atoms with Gasteiger partial charge >= 0.3 is 0 Å². The van der Waals surface area contributed by atoms with Crippen LogP contribution >= 0.6 is 0 Å². The van der Waals surface area contributed by atoms with Crippen LogP contribution in [0.3, 0.4) is 0 Å². The van der Waals surface area contributed by atoms with Crippen LogP contribution in [-0.2, 0) is 4.79 Å². The molecular weight excluding hydrogens is 240 g/mol. The lowest BCUT2D eigenvalue weighted by molar-refractivity contribution is -0.123. The van der Waals surface area contributed by atoms with Crippen LogP contribution in [0.15, 0.2) is 0 Å². The summed E-state index contributed by atoms with van der Waals surface area (Å²) in [5, 5.41) is 12.0. The molecule has 0 aliphatic rings. The fourth-order valence-corrected chi connectivity index (χ4v) is 1.97. The van der Waals surface area contributed by atoms with Gasteiger partial charge in [-0.05, 0) is 25.8 Å². The summed E-state index contributed by atoms with van der Waals surface area (Å²) < 4.78 is 0. The first-order chi connectivity index (χ1) is 9.07. The van der Waals surface area contributed by atoms with Gasteiger partial charge in [0.05, 0.1) is 13.2 Å². The Labute approximate surface area is 117 Å². The molecule has 0 aromatic carbocycles. The van der Waals surface area contributed by atoms with E-state index in [4.69, 9.17) is 11.5 Å². The van der Waals surface area contributed by atoms with E-state index < -0.39 is 5.54 Å². The molecular formula is C15H28N2O2. The minimum Gasteiger partial charge on any atom is -0.395 e. The van der Waals surface area contributed by atoms with E-state index in [9.17, 15) is 4.79 Å². The van der Waals surface area contributed by atoms with Gasteiger partial charge in [-0.1, -0.05) is 33.1 Å². The Hall–Kier alpha value is -1.05. The van der Waals surface area contributed by atoms with Crippen molar-refractivity contribution in [2.75, 3.05) is 26.2 Å². The van der Waals surface area contributed by atoms with Crippen molar-refractivity contribution in [3.05, 3.63) is 0 Å². The van der Waals surface area contributed by atoms with Crippen LogP contribution in [0.4, 0.5) is 0 Å². The third kappa shape index (κ3) is 6.60. The second-order valence-electron chi connectivity index (χ2n) is 4.84. The average molecular weight is 268 g/mol. The number of hydrogen-bond donors (Lipinski definition) is 2. The molecule has 2 N–H and O–H groups in total. The molecule has 0 saturated heterocycles. The summed E-state index contributed by atoms with van der Waals surface area (Å²) in [4.78, 5) is 14.0. The number of nitrogens with zero attached hydrogens (tertiary/aromatic N) is 1. The summed E-state index contributed by atoms with van der Waals surface area (Å²) in [5.74, 6) is 2.63. The van der Waals surface area contributed by atoms with E-state index in [1.807, 2.05) is 18.7 Å². The van der Waals surface area contributed by atoms with Crippen LogP contribution < -0.4 is 5.32 Å². The third-order valence-electron chi connectivity index (χ3n) is 3.47. The van der Waals surface area contributed by atoms with Crippen molar-refractivity contribution >= 4 is 5.91 Å². The van der Waals surface area contributed by atoms with Gasteiger partial charge in [-0.2, -0.15) is 0 Å². The van der Waals surface area contributed by atoms with E-state index in [2.05, 4.69) is 18.2 Å². The fourth-order valence-electron chi connectivity index (χ4n) is 1.97. The second kappa shape index (κ2) is 9.82. The van der Waals surface area contributed by atoms with Gasteiger partial charge in [-0.15, -0.1) is 6.42 Å². The standard InChI is InChI=1S/C15H28N2O2/c1-5-9-10-17(11-12-18)13-14(19)16-15(6-2,7-3)8-4/h2,18H,5,7-13H2,1,3-4H3,(H,16,19). The van der Waals surface area contributed by atoms with Crippen molar-refractivity contribution in [3.8, 4) is 12.3 Å². The molecule has 0 spiro atoms. The number of unbranched alkanes of at least 4 members (excludes halogenated alkanes) is 1. The number of carbonyl (C=O) groups excluding carboxylic acids is 1. The predicted molar refractivity (Wildman–Crippen MR) is 78.7 cm³/mol. The highest BCUT2D eigenvalue weighted by atomic mass is 16.3. The Kier molecular flexibility index (Phi) is 9.28. The summed E-state index contributed by atoms with van der Waals surface area (Å²) >= 11 is 0. The Bertz CT molecular complexity index is 293. The smallest absolute Gasteiger partial charge is 0.235 e. The molecule has 1 amide bonds. The molecule has 0 aromatic heterocycles. The lowest BCUT2D eigenvalue weighted by Gasteiger charge is -2.29. The Balaban J connectivity index is 4.43. The second-order valence-corrected chi connectivity index (χ2v) is 4.84. The number of rotatable bonds is 10. The van der Waals surface area contributed by atoms with Crippen LogP contribution in [0.25, 0.3) is 0 Å². The molecule has 0 rings (SSSR count). The molecule has 0 atom stereocenters. The highest BCUT2D eigenvalue weighted by Crippen LogP contribution is 2.13. The SMILES string of the molecule is C#CC(CC)(CC)NC(=O)CN(CCO)CCCC. The number of terminal acetylenes is 1. The zero-order valence-electron chi connectivity index (χ0n) is 12.5. The minimum absolute atomic E-state index is 0.0637. The van der Waals surface area contributed by atoms with E-state index in [1.165, 1.54) is 0 Å². The Morgan fingerprint density at radius 1 is 1.32 bits per heavy atom. The Morgan fingerprint density at radius 3 is 2.37 bits per heavy atom. The third-order valence-corrected chi connectivity index (χ3v) is 3.47. The van der Waals surface area contributed by atoms with E-state index in [0.717, 1.165) is 32.2 Å².